The molecule has 3 aromatic rings. The number of amides is 1. The molecule has 0 saturated carbocycles. The second-order valence-corrected chi connectivity index (χ2v) is 11.1. The minimum atomic E-state index is -0.779. The van der Waals surface area contributed by atoms with E-state index in [2.05, 4.69) is 20.9 Å². The van der Waals surface area contributed by atoms with Crippen molar-refractivity contribution in [1.29, 1.82) is 0 Å². The number of aromatic nitrogens is 1. The third kappa shape index (κ3) is 4.21. The van der Waals surface area contributed by atoms with Crippen molar-refractivity contribution in [1.82, 2.24) is 4.57 Å². The number of hydrogen-bond donors (Lipinski definition) is 0. The number of hydrogen-bond acceptors (Lipinski definition) is 7. The Morgan fingerprint density at radius 1 is 1.16 bits per heavy atom. The number of allylic oxidation sites excluding steroid dienone is 1. The summed E-state index contributed by atoms with van der Waals surface area (Å²) >= 11 is 4.65. The summed E-state index contributed by atoms with van der Waals surface area (Å²) in [6.45, 7) is 7.64. The van der Waals surface area contributed by atoms with Crippen LogP contribution in [-0.4, -0.2) is 36.2 Å². The van der Waals surface area contributed by atoms with Crippen LogP contribution in [0.2, 0.25) is 0 Å². The Bertz CT molecular complexity index is 1680. The number of carbonyl (C=O) groups is 2. The Morgan fingerprint density at radius 3 is 2.50 bits per heavy atom. The second-order valence-electron chi connectivity index (χ2n) is 9.22. The summed E-state index contributed by atoms with van der Waals surface area (Å²) in [5, 5.41) is 0. The molecular formula is C28H26BrN3O5S. The van der Waals surface area contributed by atoms with Crippen LogP contribution in [0.3, 0.4) is 0 Å². The van der Waals surface area contributed by atoms with Crippen LogP contribution in [0.5, 0.6) is 5.75 Å². The van der Waals surface area contributed by atoms with Crippen molar-refractivity contribution in [2.45, 2.75) is 39.8 Å². The Morgan fingerprint density at radius 2 is 1.87 bits per heavy atom. The van der Waals surface area contributed by atoms with E-state index in [1.165, 1.54) is 4.57 Å². The molecule has 0 saturated heterocycles. The van der Waals surface area contributed by atoms with Crippen molar-refractivity contribution in [2.75, 3.05) is 18.6 Å². The molecule has 0 spiro atoms. The van der Waals surface area contributed by atoms with Crippen molar-refractivity contribution in [2.24, 2.45) is 4.99 Å². The van der Waals surface area contributed by atoms with Gasteiger partial charge in [-0.05, 0) is 63.6 Å². The van der Waals surface area contributed by atoms with Crippen LogP contribution in [-0.2, 0) is 14.3 Å². The standard InChI is InChI=1S/C28H26BrN3O5S/c1-6-31-20-12-9-17(29)13-19(20)22(25(31)33)24-26(34)32-23(16-7-10-18(36-5)11-8-16)21(27(35)37-14(2)3)15(4)30-28(32)38-24/h7-14,23H,6H2,1-5H3/b24-22+/t23-/m0/s1. The lowest BCUT2D eigenvalue weighted by Crippen LogP contribution is -2.41. The van der Waals surface area contributed by atoms with Crippen molar-refractivity contribution in [3.8, 4) is 5.75 Å². The van der Waals surface area contributed by atoms with Gasteiger partial charge in [0, 0.05) is 16.6 Å². The van der Waals surface area contributed by atoms with Crippen molar-refractivity contribution >= 4 is 50.4 Å². The zero-order valence-corrected chi connectivity index (χ0v) is 24.0. The third-order valence-corrected chi connectivity index (χ3v) is 8.06. The molecule has 10 heteroatoms. The predicted molar refractivity (Wildman–Crippen MR) is 149 cm³/mol. The number of benzene rings is 2. The summed E-state index contributed by atoms with van der Waals surface area (Å²) in [4.78, 5) is 47.7. The normalized spacial score (nSPS) is 17.9. The number of esters is 1. The lowest BCUT2D eigenvalue weighted by atomic mass is 9.95. The highest BCUT2D eigenvalue weighted by molar-refractivity contribution is 9.10. The maximum atomic E-state index is 14.2. The van der Waals surface area contributed by atoms with Gasteiger partial charge in [-0.3, -0.25) is 14.2 Å². The van der Waals surface area contributed by atoms with Crippen LogP contribution in [0.1, 0.15) is 44.9 Å². The van der Waals surface area contributed by atoms with Gasteiger partial charge in [-0.15, -0.1) is 0 Å². The lowest BCUT2D eigenvalue weighted by Gasteiger charge is -2.25. The van der Waals surface area contributed by atoms with Crippen LogP contribution in [0.15, 0.2) is 68.0 Å². The second kappa shape index (κ2) is 9.99. The highest BCUT2D eigenvalue weighted by Gasteiger charge is 2.37. The highest BCUT2D eigenvalue weighted by atomic mass is 79.9. The number of fused-ring (bicyclic) bond motifs is 2. The van der Waals surface area contributed by atoms with Crippen molar-refractivity contribution in [3.05, 3.63) is 89.0 Å². The molecule has 0 unspecified atom stereocenters. The number of halogens is 1. The maximum Gasteiger partial charge on any atom is 0.338 e. The van der Waals surface area contributed by atoms with E-state index in [-0.39, 0.29) is 27.7 Å². The molecule has 1 amide bonds. The fourth-order valence-electron chi connectivity index (χ4n) is 4.85. The fourth-order valence-corrected chi connectivity index (χ4v) is 6.35. The quantitative estimate of drug-likeness (QED) is 0.420. The Labute approximate surface area is 231 Å². The Hall–Kier alpha value is -3.50. The van der Waals surface area contributed by atoms with E-state index in [1.807, 2.05) is 37.3 Å². The number of carbonyl (C=O) groups excluding carboxylic acids is 2. The average molecular weight is 597 g/mol. The number of thiazole rings is 1. The monoisotopic (exact) mass is 595 g/mol. The predicted octanol–water partition coefficient (Wildman–Crippen LogP) is 3.69. The third-order valence-electron chi connectivity index (χ3n) is 6.51. The van der Waals surface area contributed by atoms with Gasteiger partial charge in [-0.1, -0.05) is 39.4 Å². The molecule has 5 rings (SSSR count). The molecule has 0 aliphatic carbocycles. The summed E-state index contributed by atoms with van der Waals surface area (Å²) in [7, 11) is 1.57. The zero-order valence-electron chi connectivity index (χ0n) is 21.6. The van der Waals surface area contributed by atoms with Crippen LogP contribution in [0.4, 0.5) is 5.69 Å². The van der Waals surface area contributed by atoms with Crippen LogP contribution >= 0.6 is 27.3 Å². The molecule has 8 nitrogen and oxygen atoms in total. The minimum Gasteiger partial charge on any atom is -0.497 e. The Balaban J connectivity index is 1.81. The van der Waals surface area contributed by atoms with Gasteiger partial charge in [0.25, 0.3) is 11.5 Å². The lowest BCUT2D eigenvalue weighted by molar-refractivity contribution is -0.143. The minimum absolute atomic E-state index is 0.234. The first kappa shape index (κ1) is 26.1. The van der Waals surface area contributed by atoms with Gasteiger partial charge in [-0.25, -0.2) is 9.79 Å². The molecule has 0 bridgehead atoms. The SMILES string of the molecule is CCN1C(=O)/C(=c2/sc3n(c2=O)[C@@H](c2ccc(OC)cc2)C(C(=O)OC(C)C)=C(C)N=3)c2cc(Br)ccc21. The van der Waals surface area contributed by atoms with Gasteiger partial charge in [0.15, 0.2) is 4.80 Å². The number of ether oxygens (including phenoxy) is 2. The number of rotatable bonds is 5. The summed E-state index contributed by atoms with van der Waals surface area (Å²) in [6, 6.07) is 12.0. The topological polar surface area (TPSA) is 90.2 Å². The van der Waals surface area contributed by atoms with Crippen molar-refractivity contribution < 1.29 is 19.1 Å². The van der Waals surface area contributed by atoms with E-state index in [0.717, 1.165) is 21.5 Å². The van der Waals surface area contributed by atoms with Gasteiger partial charge < -0.3 is 14.4 Å². The van der Waals surface area contributed by atoms with E-state index in [9.17, 15) is 14.4 Å². The first-order valence-electron chi connectivity index (χ1n) is 12.2. The maximum absolute atomic E-state index is 14.2. The molecule has 1 atom stereocenters. The van der Waals surface area contributed by atoms with Gasteiger partial charge >= 0.3 is 5.97 Å². The summed E-state index contributed by atoms with van der Waals surface area (Å²) in [5.74, 6) is -0.126. The van der Waals surface area contributed by atoms with E-state index >= 15 is 0 Å². The van der Waals surface area contributed by atoms with Gasteiger partial charge in [0.2, 0.25) is 0 Å². The largest absolute Gasteiger partial charge is 0.497 e. The molecule has 2 aliphatic heterocycles. The summed E-state index contributed by atoms with van der Waals surface area (Å²) < 4.78 is 13.5. The molecule has 0 radical (unpaired) electrons. The highest BCUT2D eigenvalue weighted by Crippen LogP contribution is 2.37. The molecule has 1 aromatic heterocycles. The average Bonchev–Trinajstić information content (AvgIpc) is 3.34. The van der Waals surface area contributed by atoms with Gasteiger partial charge in [-0.2, -0.15) is 0 Å². The molecule has 0 fully saturated rings. The molecule has 38 heavy (non-hydrogen) atoms. The Kier molecular flexibility index (Phi) is 6.87. The molecule has 0 N–H and O–H groups in total. The number of anilines is 1. The smallest absolute Gasteiger partial charge is 0.338 e. The molecular weight excluding hydrogens is 570 g/mol. The van der Waals surface area contributed by atoms with E-state index in [0.29, 0.717) is 39.5 Å². The first-order valence-corrected chi connectivity index (χ1v) is 13.8. The number of likely N-dealkylation sites (N-methyl/N-ethyl adjacent to an activating group) is 1. The zero-order chi connectivity index (χ0) is 27.3. The fraction of sp³-hybridized carbons (Fsp3) is 0.286. The summed E-state index contributed by atoms with van der Waals surface area (Å²) in [6.07, 6.45) is -0.350. The number of nitrogens with zero attached hydrogens (tertiary/aromatic N) is 3. The van der Waals surface area contributed by atoms with E-state index in [1.54, 1.807) is 44.9 Å². The van der Waals surface area contributed by atoms with E-state index in [4.69, 9.17) is 9.47 Å². The molecule has 3 heterocycles. The molecule has 196 valence electrons. The van der Waals surface area contributed by atoms with E-state index < -0.39 is 12.0 Å². The number of methoxy groups -OCH3 is 1. The van der Waals surface area contributed by atoms with Crippen LogP contribution in [0.25, 0.3) is 5.57 Å². The van der Waals surface area contributed by atoms with Gasteiger partial charge in [0.1, 0.15) is 10.3 Å². The van der Waals surface area contributed by atoms with Crippen LogP contribution in [0, 0.1) is 0 Å². The summed E-state index contributed by atoms with van der Waals surface area (Å²) in [5.41, 5.74) is 2.84. The molecule has 2 aromatic carbocycles. The van der Waals surface area contributed by atoms with Crippen LogP contribution < -0.4 is 24.5 Å². The first-order chi connectivity index (χ1) is 18.2. The van der Waals surface area contributed by atoms with Crippen molar-refractivity contribution in [3.63, 3.8) is 0 Å². The molecule has 2 aliphatic rings. The van der Waals surface area contributed by atoms with Gasteiger partial charge in [0.05, 0.1) is 41.8 Å².